The Morgan fingerprint density at radius 1 is 0.769 bits per heavy atom. The van der Waals surface area contributed by atoms with E-state index in [2.05, 4.69) is 29.0 Å². The highest BCUT2D eigenvalue weighted by molar-refractivity contribution is 5.68. The van der Waals surface area contributed by atoms with Crippen molar-refractivity contribution in [1.29, 1.82) is 0 Å². The summed E-state index contributed by atoms with van der Waals surface area (Å²) in [7, 11) is 0. The van der Waals surface area contributed by atoms with Gasteiger partial charge in [-0.05, 0) is 57.9 Å². The van der Waals surface area contributed by atoms with Crippen molar-refractivity contribution in [1.82, 2.24) is 0 Å². The van der Waals surface area contributed by atoms with Gasteiger partial charge in [0.2, 0.25) is 0 Å². The minimum Gasteiger partial charge on any atom is -0.269 e. The molecule has 0 N–H and O–H groups in total. The third kappa shape index (κ3) is 21.2. The molecule has 0 saturated heterocycles. The van der Waals surface area contributed by atoms with Crippen molar-refractivity contribution < 1.29 is 19.6 Å². The van der Waals surface area contributed by atoms with E-state index in [4.69, 9.17) is 4.89 Å². The molecule has 0 rings (SSSR count). The fourth-order valence-electron chi connectivity index (χ4n) is 2.54. The second-order valence-corrected chi connectivity index (χ2v) is 8.05. The maximum Gasteiger partial charge on any atom is 0.345 e. The SMILES string of the molecule is CCCCCCCCC=CCCCCCCCC(=O)OOOC(C)(C)C. The molecule has 0 aliphatic rings. The van der Waals surface area contributed by atoms with Gasteiger partial charge in [-0.1, -0.05) is 70.4 Å². The maximum atomic E-state index is 11.4. The number of carbonyl (C=O) groups is 1. The number of unbranched alkanes of at least 4 members (excludes halogenated alkanes) is 11. The van der Waals surface area contributed by atoms with Gasteiger partial charge in [0.15, 0.2) is 0 Å². The summed E-state index contributed by atoms with van der Waals surface area (Å²) < 4.78 is 0. The van der Waals surface area contributed by atoms with Crippen LogP contribution >= 0.6 is 0 Å². The van der Waals surface area contributed by atoms with E-state index < -0.39 is 5.60 Å². The summed E-state index contributed by atoms with van der Waals surface area (Å²) in [6.45, 7) is 7.73. The minimum absolute atomic E-state index is 0.369. The normalized spacial score (nSPS) is 12.0. The monoisotopic (exact) mass is 370 g/mol. The molecule has 0 aromatic heterocycles. The van der Waals surface area contributed by atoms with Crippen LogP contribution in [0.3, 0.4) is 0 Å². The van der Waals surface area contributed by atoms with Crippen LogP contribution in [0.2, 0.25) is 0 Å². The third-order valence-electron chi connectivity index (χ3n) is 4.05. The second kappa shape index (κ2) is 17.5. The second-order valence-electron chi connectivity index (χ2n) is 8.05. The molecule has 4 heteroatoms. The number of rotatable bonds is 17. The highest BCUT2D eigenvalue weighted by atomic mass is 17.5. The Bertz CT molecular complexity index is 345. The predicted octanol–water partition coefficient (Wildman–Crippen LogP) is 7.23. The standard InChI is InChI=1S/C22H42O4/c1-5-6-7-8-9-10-11-12-13-14-15-16-17-18-19-20-21(23)24-26-25-22(2,3)4/h12-13H,5-11,14-20H2,1-4H3. The zero-order valence-corrected chi connectivity index (χ0v) is 17.7. The van der Waals surface area contributed by atoms with Crippen LogP contribution in [0.15, 0.2) is 12.2 Å². The zero-order valence-electron chi connectivity index (χ0n) is 17.7. The first-order valence-corrected chi connectivity index (χ1v) is 10.7. The van der Waals surface area contributed by atoms with Gasteiger partial charge in [-0.3, -0.25) is 4.89 Å². The average molecular weight is 371 g/mol. The van der Waals surface area contributed by atoms with Crippen LogP contribution in [0.5, 0.6) is 0 Å². The van der Waals surface area contributed by atoms with Gasteiger partial charge in [-0.15, -0.1) is 0 Å². The summed E-state index contributed by atoms with van der Waals surface area (Å²) in [4.78, 5) is 20.9. The smallest absolute Gasteiger partial charge is 0.269 e. The molecule has 0 aliphatic heterocycles. The van der Waals surface area contributed by atoms with Crippen LogP contribution < -0.4 is 0 Å². The zero-order chi connectivity index (χ0) is 19.5. The number of hydrogen-bond acceptors (Lipinski definition) is 4. The van der Waals surface area contributed by atoms with Gasteiger partial charge in [-0.25, -0.2) is 4.79 Å². The Hall–Kier alpha value is -0.870. The third-order valence-corrected chi connectivity index (χ3v) is 4.05. The minimum atomic E-state index is -0.483. The first-order valence-electron chi connectivity index (χ1n) is 10.7. The van der Waals surface area contributed by atoms with Gasteiger partial charge in [0.1, 0.15) is 0 Å². The van der Waals surface area contributed by atoms with Crippen LogP contribution in [0, 0.1) is 0 Å². The summed E-state index contributed by atoms with van der Waals surface area (Å²) in [5, 5.41) is 4.48. The van der Waals surface area contributed by atoms with E-state index >= 15 is 0 Å². The van der Waals surface area contributed by atoms with E-state index in [0.717, 1.165) is 19.3 Å². The molecule has 0 aliphatic carbocycles. The molecule has 0 aromatic rings. The molecule has 26 heavy (non-hydrogen) atoms. The number of carbonyl (C=O) groups excluding carboxylic acids is 1. The summed E-state index contributed by atoms with van der Waals surface area (Å²) in [5.41, 5.74) is -0.483. The topological polar surface area (TPSA) is 44.8 Å². The molecule has 0 amide bonds. The van der Waals surface area contributed by atoms with Gasteiger partial charge in [0, 0.05) is 6.42 Å². The van der Waals surface area contributed by atoms with E-state index in [0.29, 0.717) is 6.42 Å². The van der Waals surface area contributed by atoms with Crippen molar-refractivity contribution in [2.24, 2.45) is 0 Å². The van der Waals surface area contributed by atoms with E-state index in [1.165, 1.54) is 64.2 Å². The predicted molar refractivity (Wildman–Crippen MR) is 107 cm³/mol. The van der Waals surface area contributed by atoms with Gasteiger partial charge >= 0.3 is 5.97 Å². The Balaban J connectivity index is 3.25. The summed E-state index contributed by atoms with van der Waals surface area (Å²) >= 11 is 0. The first kappa shape index (κ1) is 25.1. The summed E-state index contributed by atoms with van der Waals surface area (Å²) in [5.74, 6) is -0.369. The molecule has 0 bridgehead atoms. The summed E-state index contributed by atoms with van der Waals surface area (Å²) in [6, 6.07) is 0. The van der Waals surface area contributed by atoms with Crippen molar-refractivity contribution in [2.75, 3.05) is 0 Å². The molecule has 0 saturated carbocycles. The van der Waals surface area contributed by atoms with Crippen LogP contribution in [0.25, 0.3) is 0 Å². The lowest BCUT2D eigenvalue weighted by Gasteiger charge is -2.15. The van der Waals surface area contributed by atoms with Gasteiger partial charge in [-0.2, -0.15) is 4.89 Å². The van der Waals surface area contributed by atoms with Crippen molar-refractivity contribution in [2.45, 2.75) is 123 Å². The lowest BCUT2D eigenvalue weighted by molar-refractivity contribution is -0.514. The molecule has 0 fully saturated rings. The van der Waals surface area contributed by atoms with E-state index in [1.54, 1.807) is 0 Å². The Morgan fingerprint density at radius 2 is 1.27 bits per heavy atom. The molecule has 0 radical (unpaired) electrons. The molecular weight excluding hydrogens is 328 g/mol. The van der Waals surface area contributed by atoms with E-state index in [9.17, 15) is 4.79 Å². The highest BCUT2D eigenvalue weighted by Crippen LogP contribution is 2.11. The van der Waals surface area contributed by atoms with E-state index in [1.807, 2.05) is 20.8 Å². The average Bonchev–Trinajstić information content (AvgIpc) is 2.57. The van der Waals surface area contributed by atoms with Crippen LogP contribution in [-0.2, 0) is 19.6 Å². The maximum absolute atomic E-state index is 11.4. The van der Waals surface area contributed by atoms with Gasteiger partial charge in [0.05, 0.1) is 5.60 Å². The lowest BCUT2D eigenvalue weighted by atomic mass is 10.1. The molecule has 0 heterocycles. The van der Waals surface area contributed by atoms with E-state index in [-0.39, 0.29) is 5.97 Å². The largest absolute Gasteiger partial charge is 0.345 e. The van der Waals surface area contributed by atoms with Crippen molar-refractivity contribution in [3.05, 3.63) is 12.2 Å². The highest BCUT2D eigenvalue weighted by Gasteiger charge is 2.13. The van der Waals surface area contributed by atoms with Crippen LogP contribution in [0.1, 0.15) is 118 Å². The Labute approximate surface area is 161 Å². The molecular formula is C22H42O4. The summed E-state index contributed by atoms with van der Waals surface area (Å²) in [6.07, 6.45) is 21.2. The van der Waals surface area contributed by atoms with Crippen molar-refractivity contribution in [3.8, 4) is 0 Å². The molecule has 0 atom stereocenters. The van der Waals surface area contributed by atoms with Crippen molar-refractivity contribution >= 4 is 5.97 Å². The van der Waals surface area contributed by atoms with Crippen LogP contribution in [0.4, 0.5) is 0 Å². The van der Waals surface area contributed by atoms with Gasteiger partial charge < -0.3 is 0 Å². The van der Waals surface area contributed by atoms with Crippen LogP contribution in [-0.4, -0.2) is 11.6 Å². The molecule has 0 aromatic carbocycles. The first-order chi connectivity index (χ1) is 12.5. The lowest BCUT2D eigenvalue weighted by Crippen LogP contribution is -2.20. The number of allylic oxidation sites excluding steroid dienone is 2. The fourth-order valence-corrected chi connectivity index (χ4v) is 2.54. The van der Waals surface area contributed by atoms with Gasteiger partial charge in [0.25, 0.3) is 0 Å². The van der Waals surface area contributed by atoms with Crippen molar-refractivity contribution in [3.63, 3.8) is 0 Å². The molecule has 0 unspecified atom stereocenters. The quantitative estimate of drug-likeness (QED) is 0.117. The molecule has 4 nitrogen and oxygen atoms in total. The Morgan fingerprint density at radius 3 is 1.81 bits per heavy atom. The molecule has 0 spiro atoms. The molecule has 154 valence electrons. The fraction of sp³-hybridized carbons (Fsp3) is 0.864. The Kier molecular flexibility index (Phi) is 17.0. The number of hydrogen-bond donors (Lipinski definition) is 0.